The molecule has 0 fully saturated rings. The fourth-order valence-electron chi connectivity index (χ4n) is 4.91. The van der Waals surface area contributed by atoms with E-state index in [0.717, 1.165) is 21.0 Å². The zero-order valence-electron chi connectivity index (χ0n) is 26.4. The number of rotatable bonds is 13. The number of carbonyl (C=O) groups excluding carboxylic acids is 2. The lowest BCUT2D eigenvalue weighted by atomic mass is 10.0. The zero-order valence-corrected chi connectivity index (χ0v) is 28.0. The van der Waals surface area contributed by atoms with Crippen LogP contribution in [0.25, 0.3) is 0 Å². The van der Waals surface area contributed by atoms with Gasteiger partial charge in [-0.3, -0.25) is 13.9 Å². The molecule has 0 spiro atoms. The van der Waals surface area contributed by atoms with E-state index in [1.807, 2.05) is 51.1 Å². The van der Waals surface area contributed by atoms with Crippen molar-refractivity contribution in [2.75, 3.05) is 10.8 Å². The quantitative estimate of drug-likeness (QED) is 0.170. The Morgan fingerprint density at radius 2 is 1.57 bits per heavy atom. The van der Waals surface area contributed by atoms with Crippen LogP contribution in [0.15, 0.2) is 102 Å². The van der Waals surface area contributed by atoms with Gasteiger partial charge in [0.2, 0.25) is 11.8 Å². The minimum atomic E-state index is -4.29. The third-order valence-electron chi connectivity index (χ3n) is 7.90. The van der Waals surface area contributed by atoms with Gasteiger partial charge in [-0.15, -0.1) is 0 Å². The third kappa shape index (κ3) is 8.53. The van der Waals surface area contributed by atoms with Crippen LogP contribution in [-0.2, 0) is 32.6 Å². The second-order valence-electron chi connectivity index (χ2n) is 11.4. The average Bonchev–Trinajstić information content (AvgIpc) is 3.04. The van der Waals surface area contributed by atoms with Crippen molar-refractivity contribution >= 4 is 39.1 Å². The van der Waals surface area contributed by atoms with E-state index in [0.29, 0.717) is 11.4 Å². The molecule has 0 aliphatic rings. The van der Waals surface area contributed by atoms with Gasteiger partial charge in [-0.25, -0.2) is 12.8 Å². The molecule has 4 aromatic rings. The molecule has 2 atom stereocenters. The lowest BCUT2D eigenvalue weighted by Gasteiger charge is -2.34. The van der Waals surface area contributed by atoms with Gasteiger partial charge in [-0.1, -0.05) is 90.8 Å². The zero-order chi connectivity index (χ0) is 33.4. The monoisotopic (exact) mass is 663 g/mol. The van der Waals surface area contributed by atoms with Crippen LogP contribution in [0.5, 0.6) is 0 Å². The highest BCUT2D eigenvalue weighted by Crippen LogP contribution is 2.29. The van der Waals surface area contributed by atoms with Crippen molar-refractivity contribution < 1.29 is 22.4 Å². The van der Waals surface area contributed by atoms with E-state index in [1.54, 1.807) is 49.4 Å². The molecule has 0 aliphatic heterocycles. The van der Waals surface area contributed by atoms with E-state index < -0.39 is 40.2 Å². The molecule has 0 bridgehead atoms. The number of halogens is 2. The van der Waals surface area contributed by atoms with Crippen molar-refractivity contribution in [1.29, 1.82) is 0 Å². The number of hydrogen-bond donors (Lipinski definition) is 1. The first kappa shape index (κ1) is 34.7. The number of anilines is 1. The standard InChI is InChI=1S/C36H39ClFN3O4S/c1-5-27(4)39-36(43)34(21-28-11-7-6-8-12-28)40(23-29-13-9-10-14-33(29)38)35(42)24-41(30-18-17-26(3)32(37)22-30)46(44,45)31-19-15-25(2)16-20-31/h6-20,22,27,34H,5,21,23-24H2,1-4H3,(H,39,43)/t27-,34+/m1/s1. The van der Waals surface area contributed by atoms with Crippen molar-refractivity contribution in [2.24, 2.45) is 0 Å². The molecule has 10 heteroatoms. The topological polar surface area (TPSA) is 86.8 Å². The average molecular weight is 664 g/mol. The van der Waals surface area contributed by atoms with Crippen LogP contribution in [0, 0.1) is 19.7 Å². The van der Waals surface area contributed by atoms with Gasteiger partial charge in [-0.2, -0.15) is 0 Å². The number of sulfonamides is 1. The highest BCUT2D eigenvalue weighted by molar-refractivity contribution is 7.92. The summed E-state index contributed by atoms with van der Waals surface area (Å²) in [7, 11) is -4.29. The summed E-state index contributed by atoms with van der Waals surface area (Å²) in [5, 5.41) is 3.30. The maximum atomic E-state index is 15.1. The van der Waals surface area contributed by atoms with E-state index in [4.69, 9.17) is 11.6 Å². The van der Waals surface area contributed by atoms with Crippen LogP contribution in [0.1, 0.15) is 42.5 Å². The first-order valence-corrected chi connectivity index (χ1v) is 16.9. The fourth-order valence-corrected chi connectivity index (χ4v) is 6.49. The Labute approximate surface area is 276 Å². The molecular weight excluding hydrogens is 625 g/mol. The summed E-state index contributed by atoms with van der Waals surface area (Å²) in [5.74, 6) is -1.65. The lowest BCUT2D eigenvalue weighted by Crippen LogP contribution is -2.54. The first-order chi connectivity index (χ1) is 21.9. The first-order valence-electron chi connectivity index (χ1n) is 15.1. The molecule has 0 aliphatic carbocycles. The maximum Gasteiger partial charge on any atom is 0.264 e. The Morgan fingerprint density at radius 1 is 0.913 bits per heavy atom. The fraction of sp³-hybridized carbons (Fsp3) is 0.278. The van der Waals surface area contributed by atoms with E-state index >= 15 is 4.39 Å². The van der Waals surface area contributed by atoms with Crippen molar-refractivity contribution in [3.8, 4) is 0 Å². The van der Waals surface area contributed by atoms with Gasteiger partial charge < -0.3 is 10.2 Å². The maximum absolute atomic E-state index is 15.1. The summed E-state index contributed by atoms with van der Waals surface area (Å²) in [6.45, 7) is 6.50. The number of aryl methyl sites for hydroxylation is 2. The molecule has 0 saturated heterocycles. The number of nitrogens with one attached hydrogen (secondary N) is 1. The van der Waals surface area contributed by atoms with Gasteiger partial charge in [0, 0.05) is 29.6 Å². The van der Waals surface area contributed by atoms with Gasteiger partial charge in [0.15, 0.2) is 0 Å². The molecular formula is C36H39ClFN3O4S. The molecule has 1 N–H and O–H groups in total. The van der Waals surface area contributed by atoms with Gasteiger partial charge in [0.1, 0.15) is 18.4 Å². The molecule has 4 aromatic carbocycles. The highest BCUT2D eigenvalue weighted by atomic mass is 35.5. The summed E-state index contributed by atoms with van der Waals surface area (Å²) in [4.78, 5) is 29.6. The molecule has 0 aromatic heterocycles. The second kappa shape index (κ2) is 15.4. The molecule has 0 heterocycles. The number of amides is 2. The number of benzene rings is 4. The molecule has 2 amide bonds. The largest absolute Gasteiger partial charge is 0.352 e. The van der Waals surface area contributed by atoms with Crippen molar-refractivity contribution in [3.63, 3.8) is 0 Å². The van der Waals surface area contributed by atoms with Crippen LogP contribution in [0.2, 0.25) is 5.02 Å². The van der Waals surface area contributed by atoms with Crippen LogP contribution in [-0.4, -0.2) is 43.8 Å². The van der Waals surface area contributed by atoms with Crippen molar-refractivity contribution in [1.82, 2.24) is 10.2 Å². The summed E-state index contributed by atoms with van der Waals surface area (Å²) < 4.78 is 44.4. The van der Waals surface area contributed by atoms with Crippen LogP contribution < -0.4 is 9.62 Å². The smallest absolute Gasteiger partial charge is 0.264 e. The van der Waals surface area contributed by atoms with Crippen molar-refractivity contribution in [3.05, 3.63) is 130 Å². The molecule has 0 saturated carbocycles. The Morgan fingerprint density at radius 3 is 2.20 bits per heavy atom. The number of carbonyl (C=O) groups is 2. The Bertz CT molecular complexity index is 1770. The Balaban J connectivity index is 1.83. The highest BCUT2D eigenvalue weighted by Gasteiger charge is 2.35. The predicted octanol–water partition coefficient (Wildman–Crippen LogP) is 6.85. The van der Waals surface area contributed by atoms with E-state index in [-0.39, 0.29) is 35.2 Å². The molecule has 46 heavy (non-hydrogen) atoms. The third-order valence-corrected chi connectivity index (χ3v) is 10.1. The summed E-state index contributed by atoms with van der Waals surface area (Å²) in [6.07, 6.45) is 0.784. The molecule has 7 nitrogen and oxygen atoms in total. The number of nitrogens with zero attached hydrogens (tertiary/aromatic N) is 2. The minimum absolute atomic E-state index is 0.0152. The summed E-state index contributed by atoms with van der Waals surface area (Å²) in [5.41, 5.74) is 2.76. The van der Waals surface area contributed by atoms with Gasteiger partial charge in [0.25, 0.3) is 10.0 Å². The molecule has 242 valence electrons. The van der Waals surface area contributed by atoms with Gasteiger partial charge >= 0.3 is 0 Å². The summed E-state index contributed by atoms with van der Waals surface area (Å²) >= 11 is 6.43. The molecule has 4 rings (SSSR count). The van der Waals surface area contributed by atoms with Crippen molar-refractivity contribution in [2.45, 2.75) is 64.1 Å². The SMILES string of the molecule is CC[C@@H](C)NC(=O)[C@H](Cc1ccccc1)N(Cc1ccccc1F)C(=O)CN(c1ccc(C)c(Cl)c1)S(=O)(=O)c1ccc(C)cc1. The van der Waals surface area contributed by atoms with Gasteiger partial charge in [-0.05, 0) is 68.7 Å². The normalized spacial score (nSPS) is 12.7. The van der Waals surface area contributed by atoms with E-state index in [1.165, 1.54) is 29.2 Å². The minimum Gasteiger partial charge on any atom is -0.352 e. The molecule has 0 unspecified atom stereocenters. The van der Waals surface area contributed by atoms with Crippen LogP contribution >= 0.6 is 11.6 Å². The lowest BCUT2D eigenvalue weighted by molar-refractivity contribution is -0.140. The Hall–Kier alpha value is -4.21. The predicted molar refractivity (Wildman–Crippen MR) is 181 cm³/mol. The van der Waals surface area contributed by atoms with E-state index in [9.17, 15) is 18.0 Å². The van der Waals surface area contributed by atoms with Crippen LogP contribution in [0.4, 0.5) is 10.1 Å². The second-order valence-corrected chi connectivity index (χ2v) is 13.7. The Kier molecular flexibility index (Phi) is 11.6. The number of hydrogen-bond acceptors (Lipinski definition) is 4. The molecule has 0 radical (unpaired) electrons. The van der Waals surface area contributed by atoms with Gasteiger partial charge in [0.05, 0.1) is 10.6 Å². The summed E-state index contributed by atoms with van der Waals surface area (Å²) in [6, 6.07) is 25.0. The van der Waals surface area contributed by atoms with Crippen LogP contribution in [0.3, 0.4) is 0 Å². The van der Waals surface area contributed by atoms with E-state index in [2.05, 4.69) is 5.32 Å².